The van der Waals surface area contributed by atoms with Gasteiger partial charge in [-0.15, -0.1) is 0 Å². The number of halogens is 1. The Labute approximate surface area is 248 Å². The minimum atomic E-state index is -1.08. The average Bonchev–Trinajstić information content (AvgIpc) is 3.85. The van der Waals surface area contributed by atoms with Crippen LogP contribution in [0.5, 0.6) is 23.3 Å². The Morgan fingerprint density at radius 1 is 0.953 bits per heavy atom. The van der Waals surface area contributed by atoms with Gasteiger partial charge in [-0.25, -0.2) is 14.4 Å². The number of carbonyl (C=O) groups is 2. The van der Waals surface area contributed by atoms with E-state index in [1.54, 1.807) is 48.6 Å². The highest BCUT2D eigenvalue weighted by atomic mass is 19.1. The van der Waals surface area contributed by atoms with E-state index < -0.39 is 5.41 Å². The van der Waals surface area contributed by atoms with Crippen molar-refractivity contribution in [1.82, 2.24) is 9.97 Å². The Morgan fingerprint density at radius 3 is 2.30 bits per heavy atom. The van der Waals surface area contributed by atoms with Gasteiger partial charge in [0.05, 0.1) is 26.7 Å². The van der Waals surface area contributed by atoms with Gasteiger partial charge in [-0.2, -0.15) is 0 Å². The van der Waals surface area contributed by atoms with Crippen molar-refractivity contribution in [3.63, 3.8) is 0 Å². The van der Waals surface area contributed by atoms with E-state index in [4.69, 9.17) is 18.9 Å². The van der Waals surface area contributed by atoms with Crippen LogP contribution in [0, 0.1) is 11.2 Å². The Balaban J connectivity index is 1.33. The fourth-order valence-electron chi connectivity index (χ4n) is 4.58. The van der Waals surface area contributed by atoms with E-state index in [0.29, 0.717) is 63.9 Å². The van der Waals surface area contributed by atoms with Crippen LogP contribution in [0.4, 0.5) is 4.39 Å². The molecular formula is C34H29FN2O6. The number of carbonyl (C=O) groups excluding carboxylic acids is 2. The van der Waals surface area contributed by atoms with Crippen LogP contribution in [0.3, 0.4) is 0 Å². The number of fused-ring (bicyclic) bond motifs is 1. The van der Waals surface area contributed by atoms with Crippen molar-refractivity contribution in [2.75, 3.05) is 21.3 Å². The molecule has 43 heavy (non-hydrogen) atoms. The molecule has 2 aliphatic rings. The molecule has 1 aromatic carbocycles. The molecule has 0 aliphatic heterocycles. The zero-order chi connectivity index (χ0) is 30.6. The van der Waals surface area contributed by atoms with Gasteiger partial charge in [-0.1, -0.05) is 36.9 Å². The zero-order valence-electron chi connectivity index (χ0n) is 23.9. The number of ketones is 2. The number of methoxy groups -OCH3 is 3. The number of benzene rings is 1. The number of nitrogens with zero attached hydrogens (tertiary/aromatic N) is 2. The average molecular weight is 581 g/mol. The monoisotopic (exact) mass is 580 g/mol. The molecule has 0 spiro atoms. The van der Waals surface area contributed by atoms with Crippen LogP contribution in [-0.2, 0) is 9.59 Å². The first-order valence-corrected chi connectivity index (χ1v) is 13.4. The molecule has 8 nitrogen and oxygen atoms in total. The molecule has 0 amide bonds. The maximum absolute atomic E-state index is 13.1. The SMILES string of the molecule is C=C1C=CC=C(Oc2cc(OC)c(/C=C/C(=O)C3(C(=O)/C=C/c4ccc(F)cc4)CC3)cn2)c2nc(OC)c(OC)cc21. The van der Waals surface area contributed by atoms with Crippen molar-refractivity contribution in [1.29, 1.82) is 0 Å². The molecule has 218 valence electrons. The fraction of sp³-hybridized carbons (Fsp3) is 0.176. The van der Waals surface area contributed by atoms with Crippen molar-refractivity contribution in [2.45, 2.75) is 12.8 Å². The highest BCUT2D eigenvalue weighted by Crippen LogP contribution is 2.48. The first kappa shape index (κ1) is 29.2. The molecule has 1 fully saturated rings. The zero-order valence-corrected chi connectivity index (χ0v) is 23.9. The second-order valence-electron chi connectivity index (χ2n) is 9.91. The molecule has 1 saturated carbocycles. The molecule has 5 rings (SSSR count). The number of ether oxygens (including phenoxy) is 4. The second-order valence-corrected chi connectivity index (χ2v) is 9.91. The molecule has 9 heteroatoms. The van der Waals surface area contributed by atoms with Crippen molar-refractivity contribution in [3.05, 3.63) is 108 Å². The van der Waals surface area contributed by atoms with Gasteiger partial charge in [0.2, 0.25) is 5.88 Å². The van der Waals surface area contributed by atoms with Crippen LogP contribution < -0.4 is 18.9 Å². The smallest absolute Gasteiger partial charge is 0.257 e. The number of rotatable bonds is 11. The number of hydrogen-bond acceptors (Lipinski definition) is 8. The number of aromatic nitrogens is 2. The maximum Gasteiger partial charge on any atom is 0.257 e. The standard InChI is InChI=1S/C34H29FN2O6/c1-21-6-5-7-26(32-25(21)18-28(41-3)33(37-32)42-4)43-31-19-27(40-2)23(20-36-31)11-15-30(39)34(16-17-34)29(38)14-10-22-8-12-24(35)13-9-22/h5-15,18-20H,1,16-17H2,2-4H3/b14-10+,15-11+. The highest BCUT2D eigenvalue weighted by molar-refractivity contribution is 6.19. The summed E-state index contributed by atoms with van der Waals surface area (Å²) in [6.45, 7) is 4.10. The van der Waals surface area contributed by atoms with Crippen LogP contribution in [-0.4, -0.2) is 42.9 Å². The van der Waals surface area contributed by atoms with Gasteiger partial charge in [0, 0.05) is 23.4 Å². The Hall–Kier alpha value is -5.31. The predicted octanol–water partition coefficient (Wildman–Crippen LogP) is 6.29. The Morgan fingerprint density at radius 2 is 1.65 bits per heavy atom. The van der Waals surface area contributed by atoms with Gasteiger partial charge >= 0.3 is 0 Å². The van der Waals surface area contributed by atoms with Gasteiger partial charge in [-0.05, 0) is 66.5 Å². The first-order valence-electron chi connectivity index (χ1n) is 13.4. The second kappa shape index (κ2) is 12.3. The lowest BCUT2D eigenvalue weighted by Gasteiger charge is -2.16. The van der Waals surface area contributed by atoms with E-state index >= 15 is 0 Å². The summed E-state index contributed by atoms with van der Waals surface area (Å²) in [6, 6.07) is 9.14. The number of pyridine rings is 2. The highest BCUT2D eigenvalue weighted by Gasteiger charge is 2.53. The van der Waals surface area contributed by atoms with E-state index in [0.717, 1.165) is 0 Å². The summed E-state index contributed by atoms with van der Waals surface area (Å²) in [5.41, 5.74) is 2.04. The third kappa shape index (κ3) is 6.16. The molecule has 0 saturated heterocycles. The predicted molar refractivity (Wildman–Crippen MR) is 161 cm³/mol. The minimum Gasteiger partial charge on any atom is -0.496 e. The largest absolute Gasteiger partial charge is 0.496 e. The third-order valence-corrected chi connectivity index (χ3v) is 7.20. The third-order valence-electron chi connectivity index (χ3n) is 7.20. The van der Waals surface area contributed by atoms with Crippen LogP contribution in [0.1, 0.15) is 35.2 Å². The summed E-state index contributed by atoms with van der Waals surface area (Å²) < 4.78 is 35.6. The molecule has 0 radical (unpaired) electrons. The van der Waals surface area contributed by atoms with Gasteiger partial charge in [0.25, 0.3) is 5.88 Å². The summed E-state index contributed by atoms with van der Waals surface area (Å²) in [4.78, 5) is 34.9. The van der Waals surface area contributed by atoms with E-state index in [2.05, 4.69) is 16.5 Å². The Kier molecular flexibility index (Phi) is 8.34. The lowest BCUT2D eigenvalue weighted by molar-refractivity contribution is -0.129. The molecule has 0 N–H and O–H groups in total. The summed E-state index contributed by atoms with van der Waals surface area (Å²) in [5, 5.41) is 0. The van der Waals surface area contributed by atoms with E-state index in [9.17, 15) is 14.0 Å². The van der Waals surface area contributed by atoms with E-state index in [1.807, 2.05) is 6.08 Å². The van der Waals surface area contributed by atoms with Gasteiger partial charge < -0.3 is 18.9 Å². The van der Waals surface area contributed by atoms with Crippen molar-refractivity contribution >= 4 is 35.1 Å². The number of allylic oxidation sites excluding steroid dienone is 6. The summed E-state index contributed by atoms with van der Waals surface area (Å²) in [5.74, 6) is 0.858. The van der Waals surface area contributed by atoms with Crippen LogP contribution >= 0.6 is 0 Å². The molecule has 2 heterocycles. The van der Waals surface area contributed by atoms with Gasteiger partial charge in [0.15, 0.2) is 23.1 Å². The van der Waals surface area contributed by atoms with Crippen LogP contribution in [0.2, 0.25) is 0 Å². The van der Waals surface area contributed by atoms with Crippen LogP contribution in [0.15, 0.2) is 79.6 Å². The summed E-state index contributed by atoms with van der Waals surface area (Å²) >= 11 is 0. The summed E-state index contributed by atoms with van der Waals surface area (Å²) in [6.07, 6.45) is 13.7. The quantitative estimate of drug-likeness (QED) is 0.193. The summed E-state index contributed by atoms with van der Waals surface area (Å²) in [7, 11) is 4.53. The molecule has 3 aromatic rings. The normalized spacial score (nSPS) is 15.1. The van der Waals surface area contributed by atoms with E-state index in [-0.39, 0.29) is 23.3 Å². The molecule has 2 aliphatic carbocycles. The maximum atomic E-state index is 13.1. The van der Waals surface area contributed by atoms with Crippen molar-refractivity contribution in [2.24, 2.45) is 5.41 Å². The lowest BCUT2D eigenvalue weighted by Crippen LogP contribution is -2.22. The first-order chi connectivity index (χ1) is 20.8. The van der Waals surface area contributed by atoms with Gasteiger partial charge in [0.1, 0.15) is 17.3 Å². The van der Waals surface area contributed by atoms with E-state index in [1.165, 1.54) is 51.8 Å². The lowest BCUT2D eigenvalue weighted by atomic mass is 9.94. The number of hydrogen-bond donors (Lipinski definition) is 0. The minimum absolute atomic E-state index is 0.231. The fourth-order valence-corrected chi connectivity index (χ4v) is 4.58. The molecule has 2 aromatic heterocycles. The molecule has 0 bridgehead atoms. The van der Waals surface area contributed by atoms with Crippen LogP contribution in [0.25, 0.3) is 23.5 Å². The molecular weight excluding hydrogens is 551 g/mol. The topological polar surface area (TPSA) is 96.8 Å². The van der Waals surface area contributed by atoms with Gasteiger partial charge in [-0.3, -0.25) is 9.59 Å². The molecule has 0 atom stereocenters. The van der Waals surface area contributed by atoms with Crippen molar-refractivity contribution in [3.8, 4) is 23.3 Å². The molecule has 0 unspecified atom stereocenters. The Bertz CT molecular complexity index is 1720. The van der Waals surface area contributed by atoms with Crippen molar-refractivity contribution < 1.29 is 32.9 Å².